The zero-order valence-electron chi connectivity index (χ0n) is 23.6. The normalized spacial score (nSPS) is 11.7. The van der Waals surface area contributed by atoms with Crippen LogP contribution in [0.3, 0.4) is 0 Å². The van der Waals surface area contributed by atoms with E-state index in [1.54, 1.807) is 60.7 Å². The number of hydrogen-bond donors (Lipinski definition) is 3. The first-order valence-corrected chi connectivity index (χ1v) is 13.7. The van der Waals surface area contributed by atoms with Crippen LogP contribution in [0, 0.1) is 10.1 Å². The van der Waals surface area contributed by atoms with Crippen molar-refractivity contribution in [2.24, 2.45) is 0 Å². The molecule has 9 nitrogen and oxygen atoms in total. The number of nitrogens with one attached hydrogen (secondary N) is 2. The van der Waals surface area contributed by atoms with Gasteiger partial charge < -0.3 is 16.3 Å². The van der Waals surface area contributed by atoms with E-state index in [0.29, 0.717) is 28.8 Å². The Bertz CT molecular complexity index is 1720. The van der Waals surface area contributed by atoms with Gasteiger partial charge in [0.1, 0.15) is 6.29 Å². The van der Waals surface area contributed by atoms with Crippen LogP contribution in [0.1, 0.15) is 27.0 Å². The van der Waals surface area contributed by atoms with Crippen molar-refractivity contribution in [1.82, 2.24) is 5.23 Å². The third-order valence-corrected chi connectivity index (χ3v) is 6.56. The van der Waals surface area contributed by atoms with Crippen molar-refractivity contribution in [2.75, 3.05) is 11.1 Å². The van der Waals surface area contributed by atoms with Crippen LogP contribution >= 0.6 is 0 Å². The number of allylic oxidation sites excluding steroid dienone is 3. The smallest absolute Gasteiger partial charge is 0.312 e. The molecule has 0 fully saturated rings. The Morgan fingerprint density at radius 2 is 1.66 bits per heavy atom. The number of benzene rings is 4. The molecular formula is C34H29BN4O5. The van der Waals surface area contributed by atoms with Gasteiger partial charge in [0.15, 0.2) is 5.78 Å². The van der Waals surface area contributed by atoms with Crippen LogP contribution in [0.5, 0.6) is 0 Å². The molecule has 1 heterocycles. The van der Waals surface area contributed by atoms with E-state index in [2.05, 4.69) is 16.5 Å². The van der Waals surface area contributed by atoms with Crippen LogP contribution in [-0.4, -0.2) is 29.7 Å². The predicted octanol–water partition coefficient (Wildman–Crippen LogP) is 4.90. The lowest BCUT2D eigenvalue weighted by Crippen LogP contribution is -2.41. The molecule has 0 aliphatic carbocycles. The summed E-state index contributed by atoms with van der Waals surface area (Å²) in [5.74, 6) is 1.70. The highest BCUT2D eigenvalue weighted by atomic mass is 16.6. The van der Waals surface area contributed by atoms with Gasteiger partial charge in [-0.1, -0.05) is 78.2 Å². The molecule has 1 amide bonds. The lowest BCUT2D eigenvalue weighted by atomic mass is 9.55. The summed E-state index contributed by atoms with van der Waals surface area (Å²) in [6.07, 6.45) is 9.64. The first-order valence-electron chi connectivity index (χ1n) is 13.7. The maximum absolute atomic E-state index is 12.9. The number of nitrogens with zero attached hydrogens (tertiary/aromatic N) is 1. The Morgan fingerprint density at radius 1 is 0.932 bits per heavy atom. The Hall–Kier alpha value is -6.03. The summed E-state index contributed by atoms with van der Waals surface area (Å²) < 4.78 is 0. The number of ketones is 1. The van der Waals surface area contributed by atoms with Crippen molar-refractivity contribution >= 4 is 53.4 Å². The van der Waals surface area contributed by atoms with Crippen molar-refractivity contribution in [2.45, 2.75) is 6.42 Å². The Kier molecular flexibility index (Phi) is 10.7. The molecule has 0 saturated carbocycles. The number of amides is 1. The average Bonchev–Trinajstić information content (AvgIpc) is 3.06. The van der Waals surface area contributed by atoms with Crippen molar-refractivity contribution in [3.8, 4) is 0 Å². The van der Waals surface area contributed by atoms with Crippen LogP contribution in [-0.2, 0) is 16.0 Å². The molecule has 0 bridgehead atoms. The molecule has 4 aromatic rings. The average molecular weight is 584 g/mol. The van der Waals surface area contributed by atoms with E-state index in [4.69, 9.17) is 5.73 Å². The maximum Gasteiger partial charge on any atom is 0.312 e. The molecule has 0 saturated heterocycles. The summed E-state index contributed by atoms with van der Waals surface area (Å²) >= 11 is 0. The number of nitrogen functional groups attached to an aromatic ring is 1. The van der Waals surface area contributed by atoms with E-state index in [-0.39, 0.29) is 30.6 Å². The molecule has 218 valence electrons. The van der Waals surface area contributed by atoms with Crippen molar-refractivity contribution < 1.29 is 19.3 Å². The lowest BCUT2D eigenvalue weighted by Gasteiger charge is -2.13. The summed E-state index contributed by atoms with van der Waals surface area (Å²) in [5, 5.41) is 16.4. The zero-order chi connectivity index (χ0) is 31.3. The van der Waals surface area contributed by atoms with Crippen LogP contribution in [0.25, 0.3) is 6.08 Å². The van der Waals surface area contributed by atoms with Gasteiger partial charge in [0.05, 0.1) is 17.0 Å². The number of nitro benzene ring substituents is 1. The first kappa shape index (κ1) is 30.9. The molecule has 0 radical (unpaired) electrons. The SMILES string of the molecule is Nc1ccc(NC(=O)Cc2ccc(B3C=CC=CN3)cc2)c(C(=O)c2ccccc2)c1.O=C/C=C/c1ccc([N+](=O)[O-])cc1. The number of carbonyl (C=O) groups is 3. The van der Waals surface area contributed by atoms with Crippen molar-refractivity contribution in [3.05, 3.63) is 160 Å². The zero-order valence-corrected chi connectivity index (χ0v) is 23.6. The summed E-state index contributed by atoms with van der Waals surface area (Å²) in [6.45, 7) is 0.134. The largest absolute Gasteiger partial charge is 0.427 e. The topological polar surface area (TPSA) is 144 Å². The molecule has 1 aliphatic heterocycles. The molecule has 5 rings (SSSR count). The highest BCUT2D eigenvalue weighted by molar-refractivity contribution is 6.76. The van der Waals surface area contributed by atoms with Crippen LogP contribution < -0.4 is 21.7 Å². The number of rotatable bonds is 9. The minimum absolute atomic E-state index is 0.0447. The molecule has 0 aromatic heterocycles. The van der Waals surface area contributed by atoms with Crippen molar-refractivity contribution in [1.29, 1.82) is 0 Å². The highest BCUT2D eigenvalue weighted by Gasteiger charge is 2.17. The van der Waals surface area contributed by atoms with Gasteiger partial charge in [0.25, 0.3) is 5.69 Å². The van der Waals surface area contributed by atoms with Gasteiger partial charge in [-0.3, -0.25) is 24.5 Å². The van der Waals surface area contributed by atoms with E-state index in [1.165, 1.54) is 18.2 Å². The number of non-ortho nitro benzene ring substituents is 1. The number of nitro groups is 1. The highest BCUT2D eigenvalue weighted by Crippen LogP contribution is 2.23. The molecule has 10 heteroatoms. The molecule has 0 atom stereocenters. The summed E-state index contributed by atoms with van der Waals surface area (Å²) in [5.41, 5.74) is 10.5. The molecule has 1 aliphatic rings. The maximum atomic E-state index is 12.9. The van der Waals surface area contributed by atoms with E-state index >= 15 is 0 Å². The fraction of sp³-hybridized carbons (Fsp3) is 0.0294. The van der Waals surface area contributed by atoms with Crippen LogP contribution in [0.4, 0.5) is 17.1 Å². The molecule has 44 heavy (non-hydrogen) atoms. The number of hydrogen-bond acceptors (Lipinski definition) is 7. The molecule has 4 aromatic carbocycles. The molecular weight excluding hydrogens is 555 g/mol. The van der Waals surface area contributed by atoms with Gasteiger partial charge in [0, 0.05) is 28.9 Å². The lowest BCUT2D eigenvalue weighted by molar-refractivity contribution is -0.384. The van der Waals surface area contributed by atoms with E-state index < -0.39 is 4.92 Å². The second-order valence-electron chi connectivity index (χ2n) is 9.70. The van der Waals surface area contributed by atoms with Gasteiger partial charge in [-0.2, -0.15) is 0 Å². The third-order valence-electron chi connectivity index (χ3n) is 6.56. The van der Waals surface area contributed by atoms with E-state index in [9.17, 15) is 24.5 Å². The van der Waals surface area contributed by atoms with Gasteiger partial charge in [-0.05, 0) is 59.8 Å². The minimum Gasteiger partial charge on any atom is -0.427 e. The molecule has 0 unspecified atom stereocenters. The summed E-state index contributed by atoms with van der Waals surface area (Å²) in [6, 6.07) is 27.7. The number of anilines is 2. The Labute approximate surface area is 255 Å². The minimum atomic E-state index is -0.465. The Balaban J connectivity index is 0.000000285. The fourth-order valence-corrected chi connectivity index (χ4v) is 4.34. The number of aldehydes is 1. The van der Waals surface area contributed by atoms with Gasteiger partial charge >= 0.3 is 6.85 Å². The quantitative estimate of drug-likeness (QED) is 0.0483. The fourth-order valence-electron chi connectivity index (χ4n) is 4.34. The van der Waals surface area contributed by atoms with E-state index in [0.717, 1.165) is 16.6 Å². The number of carbonyl (C=O) groups excluding carboxylic acids is 3. The summed E-state index contributed by atoms with van der Waals surface area (Å²) in [4.78, 5) is 45.4. The number of nitrogens with two attached hydrogens (primary N) is 1. The predicted molar refractivity (Wildman–Crippen MR) is 175 cm³/mol. The van der Waals surface area contributed by atoms with Gasteiger partial charge in [-0.25, -0.2) is 0 Å². The Morgan fingerprint density at radius 3 is 2.30 bits per heavy atom. The van der Waals surface area contributed by atoms with Gasteiger partial charge in [0.2, 0.25) is 5.91 Å². The van der Waals surface area contributed by atoms with Gasteiger partial charge in [-0.15, -0.1) is 0 Å². The van der Waals surface area contributed by atoms with Crippen molar-refractivity contribution in [3.63, 3.8) is 0 Å². The van der Waals surface area contributed by atoms with Crippen LogP contribution in [0.15, 0.2) is 127 Å². The molecule has 4 N–H and O–H groups in total. The molecule has 0 spiro atoms. The first-order chi connectivity index (χ1) is 21.3. The van der Waals surface area contributed by atoms with E-state index in [1.807, 2.05) is 48.7 Å². The third kappa shape index (κ3) is 8.74. The second-order valence-corrected chi connectivity index (χ2v) is 9.70. The summed E-state index contributed by atoms with van der Waals surface area (Å²) in [7, 11) is 0. The standard InChI is InChI=1S/C25H22BN3O2.C9H7NO3/c27-21-12-13-23(22(17-21)25(31)19-6-2-1-3-7-19)29-24(30)16-18-8-10-20(11-9-18)26-14-4-5-15-28-26;11-7-1-2-8-3-5-9(6-4-8)10(12)13/h1-15,17,28H,16,27H2,(H,29,30);1-7H/b;2-1+. The monoisotopic (exact) mass is 584 g/mol. The second kappa shape index (κ2) is 15.3. The van der Waals surface area contributed by atoms with Crippen LogP contribution in [0.2, 0.25) is 0 Å².